The molecule has 106 valence electrons. The summed E-state index contributed by atoms with van der Waals surface area (Å²) in [5.41, 5.74) is 0.926. The maximum atomic E-state index is 11.5. The Kier molecular flexibility index (Phi) is 8.01. The molecule has 0 heterocycles. The van der Waals surface area contributed by atoms with E-state index in [1.54, 1.807) is 0 Å². The van der Waals surface area contributed by atoms with Gasteiger partial charge in [-0.3, -0.25) is 9.59 Å². The van der Waals surface area contributed by atoms with Crippen LogP contribution in [-0.2, 0) is 14.3 Å². The molecular weight excluding hydrogens is 274 g/mol. The number of carbonyl (C=O) groups is 2. The van der Waals surface area contributed by atoms with Crippen molar-refractivity contribution in [2.45, 2.75) is 6.42 Å². The molecule has 0 saturated carbocycles. The molecule has 4 nitrogen and oxygen atoms in total. The fourth-order valence-corrected chi connectivity index (χ4v) is 2.04. The van der Waals surface area contributed by atoms with E-state index in [0.29, 0.717) is 18.7 Å². The third-order valence-corrected chi connectivity index (χ3v) is 3.23. The molecule has 0 spiro atoms. The first-order chi connectivity index (χ1) is 9.72. The third-order valence-electron chi connectivity index (χ3n) is 2.30. The van der Waals surface area contributed by atoms with Crippen LogP contribution in [0.3, 0.4) is 0 Å². The largest absolute Gasteiger partial charge is 0.468 e. The van der Waals surface area contributed by atoms with Crippen molar-refractivity contribution in [3.63, 3.8) is 0 Å². The summed E-state index contributed by atoms with van der Waals surface area (Å²) in [5, 5.41) is 2.71. The molecular formula is C15H17NO3S. The minimum Gasteiger partial charge on any atom is -0.468 e. The third kappa shape index (κ3) is 7.49. The molecule has 1 N–H and O–H groups in total. The van der Waals surface area contributed by atoms with E-state index in [4.69, 9.17) is 0 Å². The van der Waals surface area contributed by atoms with Gasteiger partial charge in [-0.25, -0.2) is 0 Å². The molecule has 0 aromatic heterocycles. The van der Waals surface area contributed by atoms with Gasteiger partial charge in [0.15, 0.2) is 0 Å². The van der Waals surface area contributed by atoms with Gasteiger partial charge in [-0.1, -0.05) is 30.0 Å². The van der Waals surface area contributed by atoms with Crippen molar-refractivity contribution >= 4 is 23.6 Å². The molecule has 0 bridgehead atoms. The van der Waals surface area contributed by atoms with Crippen molar-refractivity contribution < 1.29 is 14.3 Å². The zero-order valence-corrected chi connectivity index (χ0v) is 12.2. The predicted molar refractivity (Wildman–Crippen MR) is 80.3 cm³/mol. The second-order valence-corrected chi connectivity index (χ2v) is 4.93. The number of amides is 1. The Morgan fingerprint density at radius 3 is 2.75 bits per heavy atom. The van der Waals surface area contributed by atoms with Crippen LogP contribution >= 0.6 is 11.8 Å². The van der Waals surface area contributed by atoms with Crippen LogP contribution in [0.4, 0.5) is 0 Å². The Morgan fingerprint density at radius 1 is 1.30 bits per heavy atom. The van der Waals surface area contributed by atoms with Gasteiger partial charge in [-0.2, -0.15) is 0 Å². The summed E-state index contributed by atoms with van der Waals surface area (Å²) in [6.07, 6.45) is 0.370. The highest BCUT2D eigenvalue weighted by Gasteiger charge is 2.02. The van der Waals surface area contributed by atoms with E-state index in [-0.39, 0.29) is 17.6 Å². The van der Waals surface area contributed by atoms with Gasteiger partial charge in [0.2, 0.25) is 5.91 Å². The lowest BCUT2D eigenvalue weighted by molar-refractivity contribution is -0.137. The smallest absolute Gasteiger partial charge is 0.315 e. The fourth-order valence-electron chi connectivity index (χ4n) is 1.28. The van der Waals surface area contributed by atoms with Gasteiger partial charge in [0.25, 0.3) is 0 Å². The fraction of sp³-hybridized carbons (Fsp3) is 0.333. The van der Waals surface area contributed by atoms with Gasteiger partial charge < -0.3 is 10.1 Å². The average molecular weight is 291 g/mol. The predicted octanol–water partition coefficient (Wildman–Crippen LogP) is 1.45. The average Bonchev–Trinajstić information content (AvgIpc) is 2.49. The summed E-state index contributed by atoms with van der Waals surface area (Å²) in [4.78, 5) is 22.3. The SMILES string of the molecule is COC(=O)CSCCC(=O)NCC#Cc1ccccc1. The van der Waals surface area contributed by atoms with Crippen molar-refractivity contribution in [3.8, 4) is 11.8 Å². The number of thioether (sulfide) groups is 1. The second kappa shape index (κ2) is 9.93. The van der Waals surface area contributed by atoms with Crippen LogP contribution in [0.5, 0.6) is 0 Å². The number of hydrogen-bond acceptors (Lipinski definition) is 4. The van der Waals surface area contributed by atoms with Crippen LogP contribution in [0.25, 0.3) is 0 Å². The number of benzene rings is 1. The Labute approximate surface area is 123 Å². The van der Waals surface area contributed by atoms with E-state index in [1.165, 1.54) is 18.9 Å². The lowest BCUT2D eigenvalue weighted by atomic mass is 10.2. The zero-order valence-electron chi connectivity index (χ0n) is 11.3. The van der Waals surface area contributed by atoms with Gasteiger partial charge in [0.05, 0.1) is 19.4 Å². The molecule has 0 aliphatic carbocycles. The first-order valence-electron chi connectivity index (χ1n) is 6.17. The number of esters is 1. The topological polar surface area (TPSA) is 55.4 Å². The van der Waals surface area contributed by atoms with Crippen LogP contribution in [0, 0.1) is 11.8 Å². The maximum Gasteiger partial charge on any atom is 0.315 e. The molecule has 1 amide bonds. The van der Waals surface area contributed by atoms with E-state index in [1.807, 2.05) is 30.3 Å². The first-order valence-corrected chi connectivity index (χ1v) is 7.33. The van der Waals surface area contributed by atoms with Crippen molar-refractivity contribution in [1.29, 1.82) is 0 Å². The molecule has 0 fully saturated rings. The van der Waals surface area contributed by atoms with Crippen LogP contribution in [0.15, 0.2) is 30.3 Å². The Hall–Kier alpha value is -1.93. The highest BCUT2D eigenvalue weighted by atomic mass is 32.2. The molecule has 5 heteroatoms. The molecule has 0 unspecified atom stereocenters. The number of carbonyl (C=O) groups excluding carboxylic acids is 2. The van der Waals surface area contributed by atoms with Crippen LogP contribution in [0.1, 0.15) is 12.0 Å². The number of ether oxygens (including phenoxy) is 1. The number of hydrogen-bond donors (Lipinski definition) is 1. The number of nitrogens with one attached hydrogen (secondary N) is 1. The molecule has 20 heavy (non-hydrogen) atoms. The minimum atomic E-state index is -0.274. The van der Waals surface area contributed by atoms with Gasteiger partial charge in [-0.15, -0.1) is 11.8 Å². The molecule has 0 aliphatic rings. The van der Waals surface area contributed by atoms with Crippen LogP contribution in [0.2, 0.25) is 0 Å². The summed E-state index contributed by atoms with van der Waals surface area (Å²) in [7, 11) is 1.35. The van der Waals surface area contributed by atoms with E-state index in [0.717, 1.165) is 5.56 Å². The molecule has 0 radical (unpaired) electrons. The minimum absolute atomic E-state index is 0.0651. The lowest BCUT2D eigenvalue weighted by Gasteiger charge is -2.01. The zero-order chi connectivity index (χ0) is 14.6. The summed E-state index contributed by atoms with van der Waals surface area (Å²) < 4.78 is 4.50. The molecule has 0 atom stereocenters. The maximum absolute atomic E-state index is 11.5. The van der Waals surface area contributed by atoms with Crippen molar-refractivity contribution in [1.82, 2.24) is 5.32 Å². The van der Waals surface area contributed by atoms with E-state index in [9.17, 15) is 9.59 Å². The Morgan fingerprint density at radius 2 is 2.05 bits per heavy atom. The Bertz CT molecular complexity index is 491. The molecule has 1 aromatic carbocycles. The summed E-state index contributed by atoms with van der Waals surface area (Å²) >= 11 is 1.38. The number of rotatable bonds is 6. The standard InChI is InChI=1S/C15H17NO3S/c1-19-15(18)12-20-11-9-14(17)16-10-5-8-13-6-3-2-4-7-13/h2-4,6-7H,9-12H2,1H3,(H,16,17). The van der Waals surface area contributed by atoms with Crippen molar-refractivity contribution in [2.75, 3.05) is 25.2 Å². The highest BCUT2D eigenvalue weighted by Crippen LogP contribution is 2.02. The monoisotopic (exact) mass is 291 g/mol. The summed E-state index contributed by atoms with van der Waals surface area (Å²) in [5.74, 6) is 6.37. The molecule has 0 aliphatic heterocycles. The molecule has 1 aromatic rings. The normalized spacial score (nSPS) is 9.25. The highest BCUT2D eigenvalue weighted by molar-refractivity contribution is 7.99. The first kappa shape index (κ1) is 16.1. The van der Waals surface area contributed by atoms with E-state index >= 15 is 0 Å². The van der Waals surface area contributed by atoms with E-state index < -0.39 is 0 Å². The number of methoxy groups -OCH3 is 1. The Balaban J connectivity index is 2.12. The van der Waals surface area contributed by atoms with Crippen LogP contribution < -0.4 is 5.32 Å². The van der Waals surface area contributed by atoms with Crippen molar-refractivity contribution in [2.24, 2.45) is 0 Å². The van der Waals surface area contributed by atoms with Gasteiger partial charge in [0, 0.05) is 17.7 Å². The van der Waals surface area contributed by atoms with Crippen LogP contribution in [-0.4, -0.2) is 37.0 Å². The van der Waals surface area contributed by atoms with Gasteiger partial charge in [0.1, 0.15) is 0 Å². The second-order valence-electron chi connectivity index (χ2n) is 3.82. The van der Waals surface area contributed by atoms with Crippen molar-refractivity contribution in [3.05, 3.63) is 35.9 Å². The summed E-state index contributed by atoms with van der Waals surface area (Å²) in [6.45, 7) is 0.329. The van der Waals surface area contributed by atoms with Gasteiger partial charge in [-0.05, 0) is 12.1 Å². The summed E-state index contributed by atoms with van der Waals surface area (Å²) in [6, 6.07) is 9.59. The molecule has 1 rings (SSSR count). The molecule has 0 saturated heterocycles. The van der Waals surface area contributed by atoms with E-state index in [2.05, 4.69) is 21.9 Å². The quantitative estimate of drug-likeness (QED) is 0.490. The lowest BCUT2D eigenvalue weighted by Crippen LogP contribution is -2.24. The van der Waals surface area contributed by atoms with Gasteiger partial charge >= 0.3 is 5.97 Å².